The number of hydrogen-bond acceptors (Lipinski definition) is 5. The molecule has 9 heteroatoms. The van der Waals surface area contributed by atoms with E-state index >= 15 is 0 Å². The van der Waals surface area contributed by atoms with Crippen molar-refractivity contribution >= 4 is 28.9 Å². The first-order chi connectivity index (χ1) is 13.9. The molecule has 1 aliphatic carbocycles. The van der Waals surface area contributed by atoms with Crippen molar-refractivity contribution in [1.82, 2.24) is 15.3 Å². The van der Waals surface area contributed by atoms with Crippen molar-refractivity contribution in [2.45, 2.75) is 49.9 Å². The molecule has 1 aromatic carbocycles. The van der Waals surface area contributed by atoms with Gasteiger partial charge in [-0.1, -0.05) is 11.6 Å². The highest BCUT2D eigenvalue weighted by Gasteiger charge is 2.35. The van der Waals surface area contributed by atoms with Gasteiger partial charge in [-0.2, -0.15) is 13.2 Å². The fraction of sp³-hybridized carbons (Fsp3) is 0.500. The van der Waals surface area contributed by atoms with Crippen LogP contribution in [0.3, 0.4) is 0 Å². The van der Waals surface area contributed by atoms with Gasteiger partial charge in [0.1, 0.15) is 10.7 Å². The Morgan fingerprint density at radius 2 is 1.83 bits per heavy atom. The molecule has 1 aromatic heterocycles. The predicted molar refractivity (Wildman–Crippen MR) is 106 cm³/mol. The first-order valence-corrected chi connectivity index (χ1v) is 10.3. The van der Waals surface area contributed by atoms with Gasteiger partial charge in [0, 0.05) is 42.7 Å². The molecule has 2 aromatic rings. The van der Waals surface area contributed by atoms with E-state index in [-0.39, 0.29) is 5.95 Å². The van der Waals surface area contributed by atoms with Gasteiger partial charge in [0.25, 0.3) is 0 Å². The van der Waals surface area contributed by atoms with Gasteiger partial charge in [0.2, 0.25) is 5.95 Å². The van der Waals surface area contributed by atoms with Gasteiger partial charge in [-0.3, -0.25) is 0 Å². The Labute approximate surface area is 171 Å². The second kappa shape index (κ2) is 7.02. The molecule has 3 fully saturated rings. The van der Waals surface area contributed by atoms with Gasteiger partial charge in [0.15, 0.2) is 0 Å². The number of nitrogens with one attached hydrogen (secondary N) is 2. The second-order valence-electron chi connectivity index (χ2n) is 8.11. The zero-order valence-corrected chi connectivity index (χ0v) is 16.4. The number of halogens is 4. The minimum absolute atomic E-state index is 0.0675. The molecule has 5 nitrogen and oxygen atoms in total. The first-order valence-electron chi connectivity index (χ1n) is 9.88. The summed E-state index contributed by atoms with van der Waals surface area (Å²) in [5.41, 5.74) is 2.15. The molecule has 3 heterocycles. The quantitative estimate of drug-likeness (QED) is 0.697. The molecule has 3 aliphatic rings. The van der Waals surface area contributed by atoms with Crippen molar-refractivity contribution in [3.63, 3.8) is 0 Å². The van der Waals surface area contributed by atoms with Crippen LogP contribution in [0, 0.1) is 0 Å². The maximum atomic E-state index is 12.9. The highest BCUT2D eigenvalue weighted by Crippen LogP contribution is 2.45. The first kappa shape index (κ1) is 18.9. The monoisotopic (exact) mass is 423 g/mol. The van der Waals surface area contributed by atoms with E-state index in [4.69, 9.17) is 11.6 Å². The number of aromatic nitrogens is 2. The lowest BCUT2D eigenvalue weighted by Gasteiger charge is -2.35. The summed E-state index contributed by atoms with van der Waals surface area (Å²) in [6.45, 7) is 2.01. The van der Waals surface area contributed by atoms with E-state index in [1.54, 1.807) is 0 Å². The Morgan fingerprint density at radius 3 is 2.45 bits per heavy atom. The third-order valence-electron chi connectivity index (χ3n) is 5.93. The minimum atomic E-state index is -4.57. The summed E-state index contributed by atoms with van der Waals surface area (Å²) in [7, 11) is 0. The normalized spacial score (nSPS) is 24.1. The highest BCUT2D eigenvalue weighted by atomic mass is 35.5. The van der Waals surface area contributed by atoms with Gasteiger partial charge in [-0.15, -0.1) is 0 Å². The second-order valence-corrected chi connectivity index (χ2v) is 8.47. The van der Waals surface area contributed by atoms with Crippen LogP contribution in [0.1, 0.15) is 42.7 Å². The summed E-state index contributed by atoms with van der Waals surface area (Å²) in [5, 5.41) is 6.11. The third kappa shape index (κ3) is 3.88. The topological polar surface area (TPSA) is 53.1 Å². The van der Waals surface area contributed by atoms with Crippen LogP contribution in [0.15, 0.2) is 24.4 Å². The maximum Gasteiger partial charge on any atom is 0.420 e. The zero-order chi connectivity index (χ0) is 20.2. The van der Waals surface area contributed by atoms with Crippen LogP contribution in [-0.2, 0) is 6.18 Å². The van der Waals surface area contributed by atoms with E-state index in [0.29, 0.717) is 18.0 Å². The van der Waals surface area contributed by atoms with Crippen molar-refractivity contribution in [1.29, 1.82) is 0 Å². The van der Waals surface area contributed by atoms with Crippen molar-refractivity contribution in [3.8, 4) is 0 Å². The standard InChI is InChI=1S/C20H21ClF3N5/c21-18-16(20(22,23)24)8-25-19(28-18)27-17-6-5-14(7-15(17)11-1-2-11)29-9-12-3-4-13(10-29)26-12/h5-8,11-13,26H,1-4,9-10H2,(H,25,27,28). The fourth-order valence-electron chi connectivity index (χ4n) is 4.33. The smallest absolute Gasteiger partial charge is 0.368 e. The maximum absolute atomic E-state index is 12.9. The lowest BCUT2D eigenvalue weighted by molar-refractivity contribution is -0.137. The van der Waals surface area contributed by atoms with Gasteiger partial charge in [0.05, 0.1) is 0 Å². The lowest BCUT2D eigenvalue weighted by atomic mass is 10.1. The molecule has 2 aliphatic heterocycles. The molecule has 29 heavy (non-hydrogen) atoms. The van der Waals surface area contributed by atoms with Crippen LogP contribution in [0.5, 0.6) is 0 Å². The SMILES string of the molecule is FC(F)(F)c1cnc(Nc2ccc(N3CC4CCC(C3)N4)cc2C2CC2)nc1Cl. The van der Waals surface area contributed by atoms with Crippen molar-refractivity contribution in [2.24, 2.45) is 0 Å². The Bertz CT molecular complexity index is 919. The summed E-state index contributed by atoms with van der Waals surface area (Å²) < 4.78 is 38.6. The third-order valence-corrected chi connectivity index (χ3v) is 6.22. The number of hydrogen-bond donors (Lipinski definition) is 2. The number of piperazine rings is 1. The molecule has 5 rings (SSSR count). The van der Waals surface area contributed by atoms with Crippen molar-refractivity contribution < 1.29 is 13.2 Å². The van der Waals surface area contributed by atoms with E-state index in [1.807, 2.05) is 6.07 Å². The Morgan fingerprint density at radius 1 is 1.10 bits per heavy atom. The largest absolute Gasteiger partial charge is 0.420 e. The Balaban J connectivity index is 1.40. The van der Waals surface area contributed by atoms with Crippen LogP contribution in [-0.4, -0.2) is 35.1 Å². The average molecular weight is 424 g/mol. The molecule has 0 amide bonds. The summed E-state index contributed by atoms with van der Waals surface area (Å²) in [6, 6.07) is 7.35. The van der Waals surface area contributed by atoms with Gasteiger partial charge >= 0.3 is 6.18 Å². The summed E-state index contributed by atoms with van der Waals surface area (Å²) in [5.74, 6) is 0.528. The average Bonchev–Trinajstić information content (AvgIpc) is 3.45. The molecule has 2 saturated heterocycles. The van der Waals surface area contributed by atoms with E-state index in [9.17, 15) is 13.2 Å². The minimum Gasteiger partial charge on any atom is -0.368 e. The van der Waals surface area contributed by atoms with Gasteiger partial charge in [-0.25, -0.2) is 9.97 Å². The van der Waals surface area contributed by atoms with E-state index < -0.39 is 16.9 Å². The van der Waals surface area contributed by atoms with Crippen LogP contribution in [0.2, 0.25) is 5.15 Å². The number of anilines is 3. The molecule has 1 saturated carbocycles. The number of nitrogens with zero attached hydrogens (tertiary/aromatic N) is 3. The molecule has 0 spiro atoms. The summed E-state index contributed by atoms with van der Waals surface area (Å²) in [6.07, 6.45) is 0.822. The fourth-order valence-corrected chi connectivity index (χ4v) is 4.57. The van der Waals surface area contributed by atoms with Crippen LogP contribution in [0.4, 0.5) is 30.5 Å². The zero-order valence-electron chi connectivity index (χ0n) is 15.6. The Hall–Kier alpha value is -2.06. The van der Waals surface area contributed by atoms with Crippen LogP contribution < -0.4 is 15.5 Å². The molecule has 2 bridgehead atoms. The Kier molecular flexibility index (Phi) is 4.58. The lowest BCUT2D eigenvalue weighted by Crippen LogP contribution is -2.51. The predicted octanol–water partition coefficient (Wildman–Crippen LogP) is 4.71. The molecule has 2 N–H and O–H groups in total. The molecular weight excluding hydrogens is 403 g/mol. The number of benzene rings is 1. The molecule has 154 valence electrons. The van der Waals surface area contributed by atoms with Gasteiger partial charge < -0.3 is 15.5 Å². The van der Waals surface area contributed by atoms with E-state index in [2.05, 4.69) is 37.6 Å². The molecular formula is C20H21ClF3N5. The van der Waals surface area contributed by atoms with Crippen LogP contribution >= 0.6 is 11.6 Å². The van der Waals surface area contributed by atoms with E-state index in [1.165, 1.54) is 18.5 Å². The number of fused-ring (bicyclic) bond motifs is 2. The number of alkyl halides is 3. The highest BCUT2D eigenvalue weighted by molar-refractivity contribution is 6.30. The van der Waals surface area contributed by atoms with Gasteiger partial charge in [-0.05, 0) is 55.4 Å². The molecule has 0 radical (unpaired) electrons. The van der Waals surface area contributed by atoms with E-state index in [0.717, 1.165) is 43.4 Å². The van der Waals surface area contributed by atoms with Crippen LogP contribution in [0.25, 0.3) is 0 Å². The molecule has 2 atom stereocenters. The van der Waals surface area contributed by atoms with Crippen molar-refractivity contribution in [2.75, 3.05) is 23.3 Å². The summed E-state index contributed by atoms with van der Waals surface area (Å²) >= 11 is 5.73. The van der Waals surface area contributed by atoms with Crippen molar-refractivity contribution in [3.05, 3.63) is 40.7 Å². The number of rotatable bonds is 4. The molecule has 2 unspecified atom stereocenters. The summed E-state index contributed by atoms with van der Waals surface area (Å²) in [4.78, 5) is 10.0.